The highest BCUT2D eigenvalue weighted by atomic mass is 16.7. The third-order valence-corrected chi connectivity index (χ3v) is 3.40. The molecule has 0 N–H and O–H groups in total. The highest BCUT2D eigenvalue weighted by Gasteiger charge is 2.42. The Balaban J connectivity index is 2.54. The van der Waals surface area contributed by atoms with Crippen LogP contribution >= 0.6 is 0 Å². The van der Waals surface area contributed by atoms with Gasteiger partial charge in [0.05, 0.1) is 25.4 Å². The van der Waals surface area contributed by atoms with E-state index in [0.29, 0.717) is 0 Å². The first-order valence-electron chi connectivity index (χ1n) is 7.45. The lowest BCUT2D eigenvalue weighted by molar-refractivity contribution is -0.294. The molecule has 0 unspecified atom stereocenters. The van der Waals surface area contributed by atoms with Crippen molar-refractivity contribution in [3.63, 3.8) is 0 Å². The fraction of sp³-hybridized carbons (Fsp3) is 1.00. The van der Waals surface area contributed by atoms with Crippen LogP contribution in [-0.2, 0) is 14.2 Å². The van der Waals surface area contributed by atoms with Gasteiger partial charge in [0.15, 0.2) is 5.79 Å². The zero-order chi connectivity index (χ0) is 13.5. The second-order valence-corrected chi connectivity index (χ2v) is 5.85. The molecule has 0 aliphatic carbocycles. The van der Waals surface area contributed by atoms with E-state index in [9.17, 15) is 0 Å². The van der Waals surface area contributed by atoms with Crippen molar-refractivity contribution in [2.24, 2.45) is 0 Å². The number of ether oxygens (including phenoxy) is 3. The van der Waals surface area contributed by atoms with Gasteiger partial charge in [-0.3, -0.25) is 0 Å². The number of rotatable bonds is 8. The molecule has 0 atom stereocenters. The number of hydrogen-bond acceptors (Lipinski definition) is 3. The molecule has 108 valence electrons. The van der Waals surface area contributed by atoms with Crippen molar-refractivity contribution < 1.29 is 14.2 Å². The molecule has 1 rings (SSSR count). The van der Waals surface area contributed by atoms with Crippen LogP contribution in [0.2, 0.25) is 0 Å². The maximum Gasteiger partial charge on any atom is 0.173 e. The molecule has 1 saturated heterocycles. The van der Waals surface area contributed by atoms with Crippen LogP contribution in [0, 0.1) is 0 Å². The van der Waals surface area contributed by atoms with Crippen molar-refractivity contribution in [3.05, 3.63) is 0 Å². The van der Waals surface area contributed by atoms with Gasteiger partial charge in [-0.05, 0) is 26.7 Å². The topological polar surface area (TPSA) is 27.7 Å². The van der Waals surface area contributed by atoms with Crippen LogP contribution in [0.3, 0.4) is 0 Å². The lowest BCUT2D eigenvalue weighted by Crippen LogP contribution is -2.49. The summed E-state index contributed by atoms with van der Waals surface area (Å²) in [6.07, 6.45) is 6.19. The van der Waals surface area contributed by atoms with Gasteiger partial charge in [0, 0.05) is 12.8 Å². The van der Waals surface area contributed by atoms with Crippen molar-refractivity contribution >= 4 is 0 Å². The summed E-state index contributed by atoms with van der Waals surface area (Å²) in [5.74, 6) is -0.411. The molecule has 3 heteroatoms. The van der Waals surface area contributed by atoms with E-state index in [0.717, 1.165) is 58.3 Å². The van der Waals surface area contributed by atoms with Gasteiger partial charge in [-0.2, -0.15) is 0 Å². The second-order valence-electron chi connectivity index (χ2n) is 5.85. The first-order chi connectivity index (χ1) is 8.54. The molecule has 0 radical (unpaired) electrons. The molecule has 0 amide bonds. The van der Waals surface area contributed by atoms with E-state index in [1.165, 1.54) is 0 Å². The lowest BCUT2D eigenvalue weighted by Gasteiger charge is -2.44. The van der Waals surface area contributed by atoms with Crippen molar-refractivity contribution in [3.8, 4) is 0 Å². The van der Waals surface area contributed by atoms with E-state index in [1.54, 1.807) is 0 Å². The summed E-state index contributed by atoms with van der Waals surface area (Å²) in [5, 5.41) is 0. The van der Waals surface area contributed by atoms with Crippen LogP contribution in [0.4, 0.5) is 0 Å². The van der Waals surface area contributed by atoms with Crippen LogP contribution in [0.1, 0.15) is 66.2 Å². The van der Waals surface area contributed by atoms with Crippen LogP contribution in [-0.4, -0.2) is 31.2 Å². The lowest BCUT2D eigenvalue weighted by atomic mass is 9.92. The number of unbranched alkanes of at least 4 members (excludes halogenated alkanes) is 2. The van der Waals surface area contributed by atoms with E-state index in [1.807, 2.05) is 0 Å². The molecule has 0 bridgehead atoms. The fourth-order valence-electron chi connectivity index (χ4n) is 2.36. The molecular formula is C15H30O3. The standard InChI is InChI=1S/C15H30O3/c1-5-7-10-17-15(18-11-8-6-2)9-12-16-14(3,4)13-15/h5-13H2,1-4H3. The molecule has 0 aromatic rings. The monoisotopic (exact) mass is 258 g/mol. The Kier molecular flexibility index (Phi) is 6.61. The summed E-state index contributed by atoms with van der Waals surface area (Å²) in [4.78, 5) is 0. The second kappa shape index (κ2) is 7.46. The maximum atomic E-state index is 6.09. The van der Waals surface area contributed by atoms with Crippen LogP contribution in [0.25, 0.3) is 0 Å². The Labute approximate surface area is 112 Å². The molecule has 0 aromatic carbocycles. The predicted octanol–water partition coefficient (Wildman–Crippen LogP) is 3.91. The van der Waals surface area contributed by atoms with Crippen molar-refractivity contribution in [1.82, 2.24) is 0 Å². The van der Waals surface area contributed by atoms with E-state index in [4.69, 9.17) is 14.2 Å². The largest absolute Gasteiger partial charge is 0.375 e. The Morgan fingerprint density at radius 1 is 1.00 bits per heavy atom. The fourth-order valence-corrected chi connectivity index (χ4v) is 2.36. The third kappa shape index (κ3) is 5.25. The molecule has 1 aliphatic heterocycles. The average Bonchev–Trinajstić information content (AvgIpc) is 2.28. The first-order valence-corrected chi connectivity index (χ1v) is 7.45. The molecule has 1 fully saturated rings. The summed E-state index contributed by atoms with van der Waals surface area (Å²) in [5.41, 5.74) is -0.142. The first kappa shape index (κ1) is 15.9. The van der Waals surface area contributed by atoms with Gasteiger partial charge < -0.3 is 14.2 Å². The minimum Gasteiger partial charge on any atom is -0.375 e. The Bertz CT molecular complexity index is 216. The van der Waals surface area contributed by atoms with Crippen molar-refractivity contribution in [1.29, 1.82) is 0 Å². The predicted molar refractivity (Wildman–Crippen MR) is 73.7 cm³/mol. The van der Waals surface area contributed by atoms with Crippen LogP contribution in [0.5, 0.6) is 0 Å². The SMILES string of the molecule is CCCCOC1(OCCCC)CCOC(C)(C)C1. The molecular weight excluding hydrogens is 228 g/mol. The van der Waals surface area contributed by atoms with E-state index in [2.05, 4.69) is 27.7 Å². The zero-order valence-electron chi connectivity index (χ0n) is 12.6. The Morgan fingerprint density at radius 2 is 1.56 bits per heavy atom. The molecule has 18 heavy (non-hydrogen) atoms. The summed E-state index contributed by atoms with van der Waals surface area (Å²) in [6, 6.07) is 0. The molecule has 1 aliphatic rings. The van der Waals surface area contributed by atoms with Gasteiger partial charge in [0.1, 0.15) is 0 Å². The Hall–Kier alpha value is -0.120. The van der Waals surface area contributed by atoms with Gasteiger partial charge >= 0.3 is 0 Å². The minimum absolute atomic E-state index is 0.142. The molecule has 0 aromatic heterocycles. The molecule has 0 saturated carbocycles. The van der Waals surface area contributed by atoms with E-state index >= 15 is 0 Å². The normalized spacial score (nSPS) is 22.0. The summed E-state index contributed by atoms with van der Waals surface area (Å²) in [7, 11) is 0. The quantitative estimate of drug-likeness (QED) is 0.488. The summed E-state index contributed by atoms with van der Waals surface area (Å²) >= 11 is 0. The maximum absolute atomic E-state index is 6.09. The minimum atomic E-state index is -0.411. The van der Waals surface area contributed by atoms with Gasteiger partial charge in [-0.25, -0.2) is 0 Å². The zero-order valence-corrected chi connectivity index (χ0v) is 12.6. The summed E-state index contributed by atoms with van der Waals surface area (Å²) in [6.45, 7) is 10.9. The van der Waals surface area contributed by atoms with Crippen LogP contribution < -0.4 is 0 Å². The molecule has 3 nitrogen and oxygen atoms in total. The van der Waals surface area contributed by atoms with Gasteiger partial charge in [0.25, 0.3) is 0 Å². The van der Waals surface area contributed by atoms with Gasteiger partial charge in [-0.1, -0.05) is 26.7 Å². The highest BCUT2D eigenvalue weighted by molar-refractivity contribution is 4.86. The summed E-state index contributed by atoms with van der Waals surface area (Å²) < 4.78 is 18.0. The Morgan fingerprint density at radius 3 is 2.00 bits per heavy atom. The van der Waals surface area contributed by atoms with Crippen molar-refractivity contribution in [2.45, 2.75) is 77.6 Å². The molecule has 0 spiro atoms. The van der Waals surface area contributed by atoms with Gasteiger partial charge in [-0.15, -0.1) is 0 Å². The van der Waals surface area contributed by atoms with Gasteiger partial charge in [0.2, 0.25) is 0 Å². The number of hydrogen-bond donors (Lipinski definition) is 0. The average molecular weight is 258 g/mol. The van der Waals surface area contributed by atoms with Crippen LogP contribution in [0.15, 0.2) is 0 Å². The van der Waals surface area contributed by atoms with E-state index < -0.39 is 5.79 Å². The highest BCUT2D eigenvalue weighted by Crippen LogP contribution is 2.36. The van der Waals surface area contributed by atoms with Crippen molar-refractivity contribution in [2.75, 3.05) is 19.8 Å². The molecule has 1 heterocycles. The smallest absolute Gasteiger partial charge is 0.173 e. The third-order valence-electron chi connectivity index (χ3n) is 3.40. The van der Waals surface area contributed by atoms with E-state index in [-0.39, 0.29) is 5.60 Å².